The maximum Gasteiger partial charge on any atom is 0.188 e. The van der Waals surface area contributed by atoms with Crippen molar-refractivity contribution >= 4 is 15.5 Å². The van der Waals surface area contributed by atoms with Crippen molar-refractivity contribution < 1.29 is 13.2 Å². The van der Waals surface area contributed by atoms with Crippen LogP contribution in [0.1, 0.15) is 20.8 Å². The zero-order valence-corrected chi connectivity index (χ0v) is 14.7. The normalized spacial score (nSPS) is 12.6. The van der Waals surface area contributed by atoms with E-state index in [0.29, 0.717) is 24.5 Å². The Bertz CT molecular complexity index is 938. The molecule has 0 aromatic carbocycles. The fourth-order valence-corrected chi connectivity index (χ4v) is 3.54. The molecule has 0 amide bonds. The summed E-state index contributed by atoms with van der Waals surface area (Å²) in [7, 11) is -3.56. The molecule has 3 rings (SSSR count). The number of hydrogen-bond donors (Lipinski definition) is 0. The van der Waals surface area contributed by atoms with E-state index in [-0.39, 0.29) is 4.90 Å². The van der Waals surface area contributed by atoms with Crippen molar-refractivity contribution in [2.75, 3.05) is 6.61 Å². The molecule has 0 radical (unpaired) electrons. The Hall–Kier alpha value is -2.35. The third-order valence-corrected chi connectivity index (χ3v) is 6.19. The van der Waals surface area contributed by atoms with Crippen LogP contribution in [0.15, 0.2) is 48.0 Å². The number of hydrogen-bond acceptors (Lipinski definition) is 5. The fourth-order valence-electron chi connectivity index (χ4n) is 2.25. The molecule has 0 aliphatic carbocycles. The minimum Gasteiger partial charge on any atom is -0.490 e. The van der Waals surface area contributed by atoms with E-state index < -0.39 is 14.6 Å². The monoisotopic (exact) mass is 348 g/mol. The number of nitrogens with zero attached hydrogens (tertiary/aromatic N) is 4. The lowest BCUT2D eigenvalue weighted by Crippen LogP contribution is -2.28. The zero-order chi connectivity index (χ0) is 17.4. The number of pyridine rings is 1. The summed E-state index contributed by atoms with van der Waals surface area (Å²) < 4.78 is 34.1. The standard InChI is InChI=1S/C16H20N4O3S/c1-16(2,3)24(21,22)14-12-19-8-6-17-15(19)11-13(14)23-10-9-20-7-4-5-18-20/h4-8,11-12H,9-10H2,1-3H3. The lowest BCUT2D eigenvalue weighted by Gasteiger charge is -2.21. The first kappa shape index (κ1) is 16.5. The topological polar surface area (TPSA) is 78.5 Å². The van der Waals surface area contributed by atoms with Gasteiger partial charge in [0.1, 0.15) is 22.9 Å². The summed E-state index contributed by atoms with van der Waals surface area (Å²) in [5.41, 5.74) is 0.636. The molecule has 128 valence electrons. The molecule has 0 aliphatic heterocycles. The van der Waals surface area contributed by atoms with Crippen LogP contribution < -0.4 is 4.74 Å². The molecular weight excluding hydrogens is 328 g/mol. The summed E-state index contributed by atoms with van der Waals surface area (Å²) in [6.07, 6.45) is 8.41. The van der Waals surface area contributed by atoms with E-state index in [4.69, 9.17) is 4.74 Å². The molecule has 0 saturated heterocycles. The van der Waals surface area contributed by atoms with E-state index in [1.807, 2.05) is 12.3 Å². The van der Waals surface area contributed by atoms with Gasteiger partial charge in [-0.1, -0.05) is 0 Å². The third-order valence-electron chi connectivity index (χ3n) is 3.69. The van der Waals surface area contributed by atoms with Crippen LogP contribution in [-0.2, 0) is 16.4 Å². The minimum absolute atomic E-state index is 0.168. The van der Waals surface area contributed by atoms with Gasteiger partial charge >= 0.3 is 0 Å². The highest BCUT2D eigenvalue weighted by molar-refractivity contribution is 7.92. The number of ether oxygens (including phenoxy) is 1. The molecule has 0 saturated carbocycles. The average Bonchev–Trinajstić information content (AvgIpc) is 3.15. The predicted molar refractivity (Wildman–Crippen MR) is 89.9 cm³/mol. The largest absolute Gasteiger partial charge is 0.490 e. The molecule has 3 aromatic heterocycles. The van der Waals surface area contributed by atoms with Crippen LogP contribution >= 0.6 is 0 Å². The van der Waals surface area contributed by atoms with Crippen LogP contribution in [0.2, 0.25) is 0 Å². The number of imidazole rings is 1. The van der Waals surface area contributed by atoms with Crippen LogP contribution in [0.3, 0.4) is 0 Å². The summed E-state index contributed by atoms with van der Waals surface area (Å²) in [5, 5.41) is 4.10. The molecule has 0 spiro atoms. The molecular formula is C16H20N4O3S. The molecule has 0 N–H and O–H groups in total. The van der Waals surface area contributed by atoms with Crippen molar-refractivity contribution in [3.8, 4) is 5.75 Å². The van der Waals surface area contributed by atoms with E-state index in [9.17, 15) is 8.42 Å². The Balaban J connectivity index is 1.96. The zero-order valence-electron chi connectivity index (χ0n) is 13.9. The summed E-state index contributed by atoms with van der Waals surface area (Å²) in [6, 6.07) is 3.48. The first-order valence-corrected chi connectivity index (χ1v) is 9.09. The molecule has 0 aliphatic rings. The molecule has 24 heavy (non-hydrogen) atoms. The number of rotatable bonds is 5. The van der Waals surface area contributed by atoms with Gasteiger partial charge in [-0.15, -0.1) is 0 Å². The highest BCUT2D eigenvalue weighted by Gasteiger charge is 2.34. The first-order chi connectivity index (χ1) is 11.3. The van der Waals surface area contributed by atoms with E-state index in [2.05, 4.69) is 10.1 Å². The van der Waals surface area contributed by atoms with E-state index in [1.54, 1.807) is 60.7 Å². The van der Waals surface area contributed by atoms with Gasteiger partial charge in [0.2, 0.25) is 0 Å². The summed E-state index contributed by atoms with van der Waals surface area (Å²) in [5.74, 6) is 0.316. The molecule has 0 unspecified atom stereocenters. The predicted octanol–water partition coefficient (Wildman–Crippen LogP) is 2.18. The van der Waals surface area contributed by atoms with Crippen molar-refractivity contribution in [2.45, 2.75) is 37.0 Å². The highest BCUT2D eigenvalue weighted by atomic mass is 32.2. The first-order valence-electron chi connectivity index (χ1n) is 7.60. The van der Waals surface area contributed by atoms with Crippen LogP contribution in [0, 0.1) is 0 Å². The highest BCUT2D eigenvalue weighted by Crippen LogP contribution is 2.32. The molecule has 3 aromatic rings. The third kappa shape index (κ3) is 3.01. The van der Waals surface area contributed by atoms with Gasteiger partial charge < -0.3 is 9.14 Å². The van der Waals surface area contributed by atoms with Crippen LogP contribution in [0.4, 0.5) is 0 Å². The maximum atomic E-state index is 12.9. The number of fused-ring (bicyclic) bond motifs is 1. The van der Waals surface area contributed by atoms with E-state index >= 15 is 0 Å². The van der Waals surface area contributed by atoms with Gasteiger partial charge in [0.05, 0.1) is 11.3 Å². The lowest BCUT2D eigenvalue weighted by molar-refractivity contribution is 0.284. The second-order valence-electron chi connectivity index (χ2n) is 6.43. The molecule has 8 heteroatoms. The molecule has 7 nitrogen and oxygen atoms in total. The van der Waals surface area contributed by atoms with Crippen molar-refractivity contribution in [3.05, 3.63) is 43.1 Å². The van der Waals surface area contributed by atoms with Crippen molar-refractivity contribution in [3.63, 3.8) is 0 Å². The van der Waals surface area contributed by atoms with Gasteiger partial charge in [0.15, 0.2) is 9.84 Å². The van der Waals surface area contributed by atoms with E-state index in [0.717, 1.165) is 0 Å². The SMILES string of the molecule is CC(C)(C)S(=O)(=O)c1cn2ccnc2cc1OCCn1cccn1. The Morgan fingerprint density at radius 1 is 1.21 bits per heavy atom. The van der Waals surface area contributed by atoms with Crippen LogP contribution in [0.25, 0.3) is 5.65 Å². The van der Waals surface area contributed by atoms with E-state index in [1.165, 1.54) is 0 Å². The van der Waals surface area contributed by atoms with Gasteiger partial charge in [0.25, 0.3) is 0 Å². The van der Waals surface area contributed by atoms with Crippen LogP contribution in [0.5, 0.6) is 5.75 Å². The number of aromatic nitrogens is 4. The maximum absolute atomic E-state index is 12.9. The smallest absolute Gasteiger partial charge is 0.188 e. The Morgan fingerprint density at radius 3 is 2.67 bits per heavy atom. The Morgan fingerprint density at radius 2 is 2.00 bits per heavy atom. The summed E-state index contributed by atoms with van der Waals surface area (Å²) in [4.78, 5) is 4.36. The van der Waals surface area contributed by atoms with Crippen molar-refractivity contribution in [1.82, 2.24) is 19.2 Å². The molecule has 3 heterocycles. The number of sulfone groups is 1. The van der Waals surface area contributed by atoms with Gasteiger partial charge in [-0.05, 0) is 26.8 Å². The lowest BCUT2D eigenvalue weighted by atomic mass is 10.3. The fraction of sp³-hybridized carbons (Fsp3) is 0.375. The quantitative estimate of drug-likeness (QED) is 0.706. The second-order valence-corrected chi connectivity index (χ2v) is 9.10. The summed E-state index contributed by atoms with van der Waals surface area (Å²) in [6.45, 7) is 5.86. The summed E-state index contributed by atoms with van der Waals surface area (Å²) >= 11 is 0. The van der Waals surface area contributed by atoms with Gasteiger partial charge in [-0.3, -0.25) is 4.68 Å². The van der Waals surface area contributed by atoms with Gasteiger partial charge in [-0.2, -0.15) is 5.10 Å². The Labute approximate surface area is 140 Å². The molecule has 0 atom stereocenters. The second kappa shape index (κ2) is 5.94. The van der Waals surface area contributed by atoms with Gasteiger partial charge in [-0.25, -0.2) is 13.4 Å². The average molecular weight is 348 g/mol. The van der Waals surface area contributed by atoms with Crippen molar-refractivity contribution in [1.29, 1.82) is 0 Å². The minimum atomic E-state index is -3.56. The molecule has 0 fully saturated rings. The van der Waals surface area contributed by atoms with Crippen molar-refractivity contribution in [2.24, 2.45) is 0 Å². The molecule has 0 bridgehead atoms. The van der Waals surface area contributed by atoms with Crippen LogP contribution in [-0.4, -0.2) is 38.9 Å². The Kier molecular flexibility index (Phi) is 4.08. The van der Waals surface area contributed by atoms with Gasteiger partial charge in [0, 0.05) is 37.1 Å².